The second-order valence-electron chi connectivity index (χ2n) is 4.84. The monoisotopic (exact) mass is 329 g/mol. The highest BCUT2D eigenvalue weighted by Gasteiger charge is 2.03. The number of carbonyl (C=O) groups excluding carboxylic acids is 1. The fourth-order valence-electron chi connectivity index (χ4n) is 1.85. The van der Waals surface area contributed by atoms with Gasteiger partial charge in [-0.05, 0) is 30.2 Å². The van der Waals surface area contributed by atoms with Gasteiger partial charge in [-0.3, -0.25) is 0 Å². The molecule has 2 aromatic carbocycles. The van der Waals surface area contributed by atoms with Crippen LogP contribution in [-0.2, 0) is 11.3 Å². The van der Waals surface area contributed by atoms with Crippen molar-refractivity contribution in [2.45, 2.75) is 13.5 Å². The third kappa shape index (κ3) is 5.24. The second-order valence-corrected chi connectivity index (χ2v) is 5.25. The molecule has 0 heterocycles. The number of hydrogen-bond acceptors (Lipinski definition) is 3. The van der Waals surface area contributed by atoms with Crippen molar-refractivity contribution in [1.82, 2.24) is 5.32 Å². The van der Waals surface area contributed by atoms with Gasteiger partial charge in [0, 0.05) is 5.56 Å². The normalized spacial score (nSPS) is 9.65. The Balaban J connectivity index is 1.80. The average molecular weight is 330 g/mol. The first-order valence-electron chi connectivity index (χ1n) is 6.99. The largest absolute Gasteiger partial charge is 0.506 e. The third-order valence-electron chi connectivity index (χ3n) is 3.02. The number of phenolic OH excluding ortho intramolecular Hbond substituents is 1. The molecule has 118 valence electrons. The van der Waals surface area contributed by atoms with Crippen LogP contribution in [0.2, 0.25) is 5.02 Å². The van der Waals surface area contributed by atoms with Gasteiger partial charge in [-0.1, -0.05) is 53.8 Å². The molecule has 0 spiro atoms. The molecule has 0 unspecified atom stereocenters. The van der Waals surface area contributed by atoms with Gasteiger partial charge in [0.25, 0.3) is 0 Å². The summed E-state index contributed by atoms with van der Waals surface area (Å²) in [4.78, 5) is 11.5. The van der Waals surface area contributed by atoms with Gasteiger partial charge in [-0.2, -0.15) is 0 Å². The number of rotatable bonds is 3. The standard InChI is InChI=1S/C18H16ClNO3/c1-13-10-15(11-16(19)17(13)21)8-5-9-20-18(22)23-12-14-6-3-2-4-7-14/h2-4,6-7,10-11,21H,9,12H2,1H3,(H,20,22). The highest BCUT2D eigenvalue weighted by Crippen LogP contribution is 2.27. The zero-order valence-corrected chi connectivity index (χ0v) is 13.4. The lowest BCUT2D eigenvalue weighted by Gasteiger charge is -2.04. The molecule has 0 aliphatic heterocycles. The molecule has 0 bridgehead atoms. The smallest absolute Gasteiger partial charge is 0.408 e. The molecule has 2 N–H and O–H groups in total. The number of phenols is 1. The van der Waals surface area contributed by atoms with Crippen LogP contribution in [0.5, 0.6) is 5.75 Å². The topological polar surface area (TPSA) is 58.6 Å². The van der Waals surface area contributed by atoms with Crippen molar-refractivity contribution in [3.8, 4) is 17.6 Å². The maximum absolute atomic E-state index is 11.5. The molecular formula is C18H16ClNO3. The summed E-state index contributed by atoms with van der Waals surface area (Å²) in [5.74, 6) is 5.72. The summed E-state index contributed by atoms with van der Waals surface area (Å²) in [6.45, 7) is 2.11. The molecule has 0 aliphatic rings. The van der Waals surface area contributed by atoms with Crippen LogP contribution >= 0.6 is 11.6 Å². The summed E-state index contributed by atoms with van der Waals surface area (Å²) in [6.07, 6.45) is -0.525. The van der Waals surface area contributed by atoms with Gasteiger partial charge in [0.2, 0.25) is 0 Å². The quantitative estimate of drug-likeness (QED) is 0.845. The van der Waals surface area contributed by atoms with Crippen LogP contribution in [0.3, 0.4) is 0 Å². The van der Waals surface area contributed by atoms with E-state index < -0.39 is 6.09 Å². The van der Waals surface area contributed by atoms with Gasteiger partial charge in [0.1, 0.15) is 12.4 Å². The van der Waals surface area contributed by atoms with E-state index in [-0.39, 0.29) is 23.9 Å². The summed E-state index contributed by atoms with van der Waals surface area (Å²) in [5.41, 5.74) is 2.24. The summed E-state index contributed by atoms with van der Waals surface area (Å²) in [7, 11) is 0. The fraction of sp³-hybridized carbons (Fsp3) is 0.167. The summed E-state index contributed by atoms with van der Waals surface area (Å²) < 4.78 is 5.06. The van der Waals surface area contributed by atoms with Gasteiger partial charge >= 0.3 is 6.09 Å². The van der Waals surface area contributed by atoms with E-state index in [2.05, 4.69) is 17.2 Å². The molecule has 0 saturated heterocycles. The van der Waals surface area contributed by atoms with Crippen molar-refractivity contribution in [2.75, 3.05) is 6.54 Å². The Labute approximate surface area is 140 Å². The first kappa shape index (κ1) is 16.7. The highest BCUT2D eigenvalue weighted by molar-refractivity contribution is 6.32. The van der Waals surface area contributed by atoms with Crippen LogP contribution in [0.25, 0.3) is 0 Å². The van der Waals surface area contributed by atoms with Gasteiger partial charge in [0.15, 0.2) is 0 Å². The van der Waals surface area contributed by atoms with Crippen LogP contribution in [-0.4, -0.2) is 17.7 Å². The van der Waals surface area contributed by atoms with Gasteiger partial charge in [-0.15, -0.1) is 0 Å². The van der Waals surface area contributed by atoms with E-state index in [4.69, 9.17) is 16.3 Å². The highest BCUT2D eigenvalue weighted by atomic mass is 35.5. The zero-order valence-electron chi connectivity index (χ0n) is 12.6. The summed E-state index contributed by atoms with van der Waals surface area (Å²) in [6, 6.07) is 12.7. The van der Waals surface area contributed by atoms with Crippen molar-refractivity contribution in [2.24, 2.45) is 0 Å². The zero-order chi connectivity index (χ0) is 16.7. The van der Waals surface area contributed by atoms with Crippen LogP contribution in [0.15, 0.2) is 42.5 Å². The number of halogens is 1. The van der Waals surface area contributed by atoms with Crippen molar-refractivity contribution in [1.29, 1.82) is 0 Å². The predicted molar refractivity (Wildman–Crippen MR) is 89.4 cm³/mol. The summed E-state index contributed by atoms with van der Waals surface area (Å²) in [5, 5.41) is 12.4. The predicted octanol–water partition coefficient (Wildman–Crippen LogP) is 3.63. The van der Waals surface area contributed by atoms with Crippen LogP contribution in [0.1, 0.15) is 16.7 Å². The van der Waals surface area contributed by atoms with Crippen molar-refractivity contribution < 1.29 is 14.6 Å². The van der Waals surface area contributed by atoms with Crippen LogP contribution < -0.4 is 5.32 Å². The Bertz CT molecular complexity index is 725. The molecule has 4 nitrogen and oxygen atoms in total. The molecule has 5 heteroatoms. The lowest BCUT2D eigenvalue weighted by molar-refractivity contribution is 0.141. The molecule has 0 saturated carbocycles. The Hall–Kier alpha value is -2.64. The van der Waals surface area contributed by atoms with Crippen molar-refractivity contribution in [3.63, 3.8) is 0 Å². The van der Waals surface area contributed by atoms with E-state index in [1.165, 1.54) is 0 Å². The number of nitrogens with one attached hydrogen (secondary N) is 1. The Kier molecular flexibility index (Phi) is 5.90. The first-order chi connectivity index (χ1) is 11.1. The number of aromatic hydroxyl groups is 1. The molecule has 0 fully saturated rings. The van der Waals surface area contributed by atoms with E-state index in [0.29, 0.717) is 11.1 Å². The van der Waals surface area contributed by atoms with Crippen molar-refractivity contribution >= 4 is 17.7 Å². The number of ether oxygens (including phenoxy) is 1. The number of hydrogen-bond donors (Lipinski definition) is 2. The second kappa shape index (κ2) is 8.11. The molecule has 2 aromatic rings. The minimum atomic E-state index is -0.525. The van der Waals surface area contributed by atoms with E-state index in [1.54, 1.807) is 19.1 Å². The minimum Gasteiger partial charge on any atom is -0.506 e. The van der Waals surface area contributed by atoms with E-state index >= 15 is 0 Å². The Morgan fingerprint density at radius 1 is 1.30 bits per heavy atom. The number of amides is 1. The number of alkyl carbamates (subject to hydrolysis) is 1. The first-order valence-corrected chi connectivity index (χ1v) is 7.36. The van der Waals surface area contributed by atoms with Gasteiger partial charge in [0.05, 0.1) is 11.6 Å². The average Bonchev–Trinajstić information content (AvgIpc) is 2.55. The molecular weight excluding hydrogens is 314 g/mol. The lowest BCUT2D eigenvalue weighted by atomic mass is 10.1. The van der Waals surface area contributed by atoms with E-state index in [0.717, 1.165) is 5.56 Å². The maximum atomic E-state index is 11.5. The Morgan fingerprint density at radius 2 is 2.04 bits per heavy atom. The number of aryl methyl sites for hydroxylation is 1. The minimum absolute atomic E-state index is 0.0554. The van der Waals surface area contributed by atoms with Crippen LogP contribution in [0.4, 0.5) is 4.79 Å². The van der Waals surface area contributed by atoms with E-state index in [1.807, 2.05) is 30.3 Å². The van der Waals surface area contributed by atoms with Gasteiger partial charge < -0.3 is 15.2 Å². The molecule has 0 atom stereocenters. The lowest BCUT2D eigenvalue weighted by Crippen LogP contribution is -2.24. The van der Waals surface area contributed by atoms with Crippen LogP contribution in [0, 0.1) is 18.8 Å². The molecule has 2 rings (SSSR count). The third-order valence-corrected chi connectivity index (χ3v) is 3.31. The molecule has 0 aromatic heterocycles. The van der Waals surface area contributed by atoms with E-state index in [9.17, 15) is 9.90 Å². The SMILES string of the molecule is Cc1cc(C#CCNC(=O)OCc2ccccc2)cc(Cl)c1O. The molecule has 1 amide bonds. The number of carbonyl (C=O) groups is 1. The maximum Gasteiger partial charge on any atom is 0.408 e. The Morgan fingerprint density at radius 3 is 2.74 bits per heavy atom. The van der Waals surface area contributed by atoms with Crippen molar-refractivity contribution in [3.05, 3.63) is 64.2 Å². The van der Waals surface area contributed by atoms with Gasteiger partial charge in [-0.25, -0.2) is 4.79 Å². The summed E-state index contributed by atoms with van der Waals surface area (Å²) >= 11 is 5.87. The molecule has 0 radical (unpaired) electrons. The number of benzene rings is 2. The fourth-order valence-corrected chi connectivity index (χ4v) is 2.11. The molecule has 23 heavy (non-hydrogen) atoms. The molecule has 0 aliphatic carbocycles.